The van der Waals surface area contributed by atoms with Crippen molar-refractivity contribution in [1.82, 2.24) is 4.57 Å². The van der Waals surface area contributed by atoms with Gasteiger partial charge in [0.1, 0.15) is 11.5 Å². The molecule has 0 N–H and O–H groups in total. The maximum absolute atomic E-state index is 13.7. The molecule has 0 amide bonds. The van der Waals surface area contributed by atoms with Gasteiger partial charge in [-0.1, -0.05) is 41.7 Å². The number of thiazole rings is 1. The van der Waals surface area contributed by atoms with Crippen LogP contribution in [-0.2, 0) is 9.53 Å². The van der Waals surface area contributed by atoms with E-state index in [1.165, 1.54) is 11.3 Å². The largest absolute Gasteiger partial charge is 0.497 e. The van der Waals surface area contributed by atoms with Crippen LogP contribution in [0.1, 0.15) is 37.9 Å². The Balaban J connectivity index is 1.95. The van der Waals surface area contributed by atoms with Crippen molar-refractivity contribution in [3.8, 4) is 11.5 Å². The number of aromatic nitrogens is 1. The predicted molar refractivity (Wildman–Crippen MR) is 131 cm³/mol. The summed E-state index contributed by atoms with van der Waals surface area (Å²) in [5.74, 6) is 0.854. The van der Waals surface area contributed by atoms with E-state index in [1.807, 2.05) is 36.4 Å². The van der Waals surface area contributed by atoms with Crippen LogP contribution >= 0.6 is 11.3 Å². The van der Waals surface area contributed by atoms with E-state index in [0.717, 1.165) is 11.1 Å². The number of ether oxygens (including phenoxy) is 3. The molecule has 1 aromatic heterocycles. The number of hydrogen-bond donors (Lipinski definition) is 0. The summed E-state index contributed by atoms with van der Waals surface area (Å²) in [5, 5.41) is 0. The fourth-order valence-electron chi connectivity index (χ4n) is 3.89. The van der Waals surface area contributed by atoms with E-state index < -0.39 is 12.0 Å². The number of methoxy groups -OCH3 is 2. The summed E-state index contributed by atoms with van der Waals surface area (Å²) in [6, 6.07) is 14.1. The van der Waals surface area contributed by atoms with Gasteiger partial charge in [-0.15, -0.1) is 0 Å². The van der Waals surface area contributed by atoms with Gasteiger partial charge in [-0.2, -0.15) is 0 Å². The number of benzene rings is 2. The van der Waals surface area contributed by atoms with Crippen LogP contribution in [0.5, 0.6) is 11.5 Å². The van der Waals surface area contributed by atoms with Crippen molar-refractivity contribution < 1.29 is 19.0 Å². The van der Waals surface area contributed by atoms with Crippen LogP contribution < -0.4 is 24.4 Å². The molecule has 34 heavy (non-hydrogen) atoms. The molecule has 3 aromatic rings. The Kier molecular flexibility index (Phi) is 6.70. The molecule has 4 rings (SSSR count). The second-order valence-electron chi connectivity index (χ2n) is 8.05. The van der Waals surface area contributed by atoms with E-state index in [2.05, 4.69) is 4.99 Å². The van der Waals surface area contributed by atoms with Crippen LogP contribution in [0.4, 0.5) is 0 Å². The van der Waals surface area contributed by atoms with Gasteiger partial charge in [-0.3, -0.25) is 9.36 Å². The number of fused-ring (bicyclic) bond motifs is 1. The molecule has 2 aromatic carbocycles. The van der Waals surface area contributed by atoms with Crippen LogP contribution in [0.3, 0.4) is 0 Å². The van der Waals surface area contributed by atoms with Crippen molar-refractivity contribution in [2.75, 3.05) is 14.2 Å². The average Bonchev–Trinajstić information content (AvgIpc) is 3.12. The third-order valence-corrected chi connectivity index (χ3v) is 6.42. The number of hydrogen-bond acceptors (Lipinski definition) is 7. The molecular formula is C26H26N2O5S. The minimum atomic E-state index is -0.673. The third-order valence-electron chi connectivity index (χ3n) is 5.44. The van der Waals surface area contributed by atoms with E-state index in [0.29, 0.717) is 32.1 Å². The highest BCUT2D eigenvalue weighted by Crippen LogP contribution is 2.32. The maximum Gasteiger partial charge on any atom is 0.338 e. The maximum atomic E-state index is 13.7. The highest BCUT2D eigenvalue weighted by Gasteiger charge is 2.33. The van der Waals surface area contributed by atoms with Gasteiger partial charge in [0.2, 0.25) is 0 Å². The highest BCUT2D eigenvalue weighted by molar-refractivity contribution is 7.07. The lowest BCUT2D eigenvalue weighted by Crippen LogP contribution is -2.40. The smallest absolute Gasteiger partial charge is 0.338 e. The molecule has 0 spiro atoms. The predicted octanol–water partition coefficient (Wildman–Crippen LogP) is 3.20. The fourth-order valence-corrected chi connectivity index (χ4v) is 4.93. The topological polar surface area (TPSA) is 79.1 Å². The summed E-state index contributed by atoms with van der Waals surface area (Å²) in [5.41, 5.74) is 2.17. The molecule has 176 valence electrons. The number of carbonyl (C=O) groups is 1. The van der Waals surface area contributed by atoms with Crippen LogP contribution in [0.15, 0.2) is 69.6 Å². The van der Waals surface area contributed by atoms with E-state index in [9.17, 15) is 9.59 Å². The van der Waals surface area contributed by atoms with Crippen molar-refractivity contribution in [2.24, 2.45) is 4.99 Å². The molecule has 7 nitrogen and oxygen atoms in total. The van der Waals surface area contributed by atoms with Crippen molar-refractivity contribution in [1.29, 1.82) is 0 Å². The summed E-state index contributed by atoms with van der Waals surface area (Å²) in [7, 11) is 3.18. The zero-order valence-electron chi connectivity index (χ0n) is 19.7. The summed E-state index contributed by atoms with van der Waals surface area (Å²) in [6.45, 7) is 5.35. The molecule has 0 saturated carbocycles. The number of rotatable bonds is 6. The first-order valence-corrected chi connectivity index (χ1v) is 11.7. The number of esters is 1. The molecule has 0 unspecified atom stereocenters. The minimum Gasteiger partial charge on any atom is -0.497 e. The monoisotopic (exact) mass is 478 g/mol. The zero-order chi connectivity index (χ0) is 24.4. The second kappa shape index (κ2) is 9.69. The Hall–Kier alpha value is -3.65. The van der Waals surface area contributed by atoms with Crippen LogP contribution in [-0.4, -0.2) is 30.9 Å². The molecule has 1 aliphatic rings. The van der Waals surface area contributed by atoms with Gasteiger partial charge < -0.3 is 14.2 Å². The lowest BCUT2D eigenvalue weighted by molar-refractivity contribution is -0.143. The van der Waals surface area contributed by atoms with Gasteiger partial charge >= 0.3 is 5.97 Å². The molecular weight excluding hydrogens is 452 g/mol. The van der Waals surface area contributed by atoms with Gasteiger partial charge in [0.05, 0.1) is 42.2 Å². The Morgan fingerprint density at radius 1 is 1.09 bits per heavy atom. The number of carbonyl (C=O) groups excluding carboxylic acids is 1. The standard InChI is InChI=1S/C26H26N2O5S/c1-15(2)33-25(30)22-16(3)27-26-28(23(22)17-10-12-19(31-4)13-11-17)24(29)21(34-26)14-18-8-6-7-9-20(18)32-5/h6-15,23H,1-5H3/b21-14+/t23-/m1/s1. The van der Waals surface area contributed by atoms with Crippen molar-refractivity contribution in [3.63, 3.8) is 0 Å². The van der Waals surface area contributed by atoms with E-state index in [1.54, 1.807) is 57.8 Å². The Labute approximate surface area is 201 Å². The molecule has 2 heterocycles. The molecule has 1 atom stereocenters. The van der Waals surface area contributed by atoms with E-state index >= 15 is 0 Å². The lowest BCUT2D eigenvalue weighted by Gasteiger charge is -2.25. The summed E-state index contributed by atoms with van der Waals surface area (Å²) in [6.07, 6.45) is 1.48. The summed E-state index contributed by atoms with van der Waals surface area (Å²) >= 11 is 1.28. The molecule has 8 heteroatoms. The van der Waals surface area contributed by atoms with E-state index in [4.69, 9.17) is 14.2 Å². The van der Waals surface area contributed by atoms with Crippen molar-refractivity contribution in [3.05, 3.63) is 90.6 Å². The minimum absolute atomic E-state index is 0.238. The molecule has 0 radical (unpaired) electrons. The van der Waals surface area contributed by atoms with E-state index in [-0.39, 0.29) is 11.7 Å². The first kappa shape index (κ1) is 23.5. The second-order valence-corrected chi connectivity index (χ2v) is 9.06. The van der Waals surface area contributed by atoms with Gasteiger partial charge in [-0.05, 0) is 50.6 Å². The SMILES string of the molecule is COc1ccc([C@@H]2C(C(=O)OC(C)C)=C(C)N=c3s/c(=C/c4ccccc4OC)c(=O)n32)cc1. The molecule has 1 aliphatic heterocycles. The first-order valence-electron chi connectivity index (χ1n) is 10.8. The molecule has 0 bridgehead atoms. The number of allylic oxidation sites excluding steroid dienone is 1. The van der Waals surface area contributed by atoms with Gasteiger partial charge in [0, 0.05) is 5.56 Å². The molecule has 0 aliphatic carbocycles. The number of nitrogens with zero attached hydrogens (tertiary/aromatic N) is 2. The summed E-state index contributed by atoms with van der Waals surface area (Å²) < 4.78 is 18.3. The third kappa shape index (κ3) is 4.41. The van der Waals surface area contributed by atoms with Crippen molar-refractivity contribution >= 4 is 23.4 Å². The van der Waals surface area contributed by atoms with Gasteiger partial charge in [0.25, 0.3) is 5.56 Å². The number of para-hydroxylation sites is 1. The van der Waals surface area contributed by atoms with Crippen LogP contribution in [0.25, 0.3) is 6.08 Å². The van der Waals surface area contributed by atoms with Gasteiger partial charge in [-0.25, -0.2) is 9.79 Å². The normalized spacial score (nSPS) is 15.7. The summed E-state index contributed by atoms with van der Waals surface area (Å²) in [4.78, 5) is 31.9. The van der Waals surface area contributed by atoms with Crippen LogP contribution in [0.2, 0.25) is 0 Å². The Bertz CT molecular complexity index is 1430. The van der Waals surface area contributed by atoms with Gasteiger partial charge in [0.15, 0.2) is 4.80 Å². The van der Waals surface area contributed by atoms with Crippen LogP contribution in [0, 0.1) is 0 Å². The average molecular weight is 479 g/mol. The quantitative estimate of drug-likeness (QED) is 0.509. The Morgan fingerprint density at radius 2 is 1.79 bits per heavy atom. The zero-order valence-corrected chi connectivity index (χ0v) is 20.5. The Morgan fingerprint density at radius 3 is 2.44 bits per heavy atom. The molecule has 0 saturated heterocycles. The lowest BCUT2D eigenvalue weighted by atomic mass is 9.96. The fraction of sp³-hybridized carbons (Fsp3) is 0.269. The first-order chi connectivity index (χ1) is 16.3. The molecule has 0 fully saturated rings. The highest BCUT2D eigenvalue weighted by atomic mass is 32.1. The van der Waals surface area contributed by atoms with Crippen molar-refractivity contribution in [2.45, 2.75) is 32.9 Å².